The second kappa shape index (κ2) is 7.85. The van der Waals surface area contributed by atoms with Crippen molar-refractivity contribution >= 4 is 27.4 Å². The Hall–Kier alpha value is -1.89. The molecular formula is C22H28N4OS. The number of benzene rings is 1. The predicted octanol–water partition coefficient (Wildman–Crippen LogP) is 3.52. The molecule has 4 heterocycles. The zero-order chi connectivity index (χ0) is 18.9. The highest BCUT2D eigenvalue weighted by molar-refractivity contribution is 7.15. The summed E-state index contributed by atoms with van der Waals surface area (Å²) < 4.78 is 7.97. The van der Waals surface area contributed by atoms with Crippen molar-refractivity contribution in [2.75, 3.05) is 37.7 Å². The number of aromatic nitrogens is 2. The summed E-state index contributed by atoms with van der Waals surface area (Å²) in [6.07, 6.45) is 5.58. The van der Waals surface area contributed by atoms with Crippen molar-refractivity contribution in [3.05, 3.63) is 46.1 Å². The monoisotopic (exact) mass is 396 g/mol. The summed E-state index contributed by atoms with van der Waals surface area (Å²) in [5.74, 6) is 0. The molecule has 2 aliphatic rings. The highest BCUT2D eigenvalue weighted by Gasteiger charge is 2.19. The molecule has 0 unspecified atom stereocenters. The van der Waals surface area contributed by atoms with Crippen LogP contribution in [0.15, 0.2) is 24.4 Å². The predicted molar refractivity (Wildman–Crippen MR) is 116 cm³/mol. The van der Waals surface area contributed by atoms with Crippen LogP contribution in [0.5, 0.6) is 0 Å². The summed E-state index contributed by atoms with van der Waals surface area (Å²) in [6.45, 7) is 8.86. The molecule has 2 aliphatic heterocycles. The van der Waals surface area contributed by atoms with Gasteiger partial charge in [0.15, 0.2) is 5.13 Å². The first kappa shape index (κ1) is 18.2. The van der Waals surface area contributed by atoms with Gasteiger partial charge in [-0.05, 0) is 43.9 Å². The molecule has 1 N–H and O–H groups in total. The van der Waals surface area contributed by atoms with Crippen LogP contribution in [-0.4, -0.2) is 42.4 Å². The number of nitrogens with zero attached hydrogens (tertiary/aromatic N) is 3. The lowest BCUT2D eigenvalue weighted by Gasteiger charge is -2.25. The van der Waals surface area contributed by atoms with Crippen LogP contribution in [0.2, 0.25) is 0 Å². The first-order valence-corrected chi connectivity index (χ1v) is 11.2. The van der Waals surface area contributed by atoms with E-state index in [1.54, 1.807) is 11.3 Å². The summed E-state index contributed by atoms with van der Waals surface area (Å²) >= 11 is 1.80. The van der Waals surface area contributed by atoms with Crippen molar-refractivity contribution in [2.24, 2.45) is 0 Å². The van der Waals surface area contributed by atoms with Gasteiger partial charge < -0.3 is 19.5 Å². The molecule has 0 amide bonds. The lowest BCUT2D eigenvalue weighted by Crippen LogP contribution is -2.36. The second-order valence-electron chi connectivity index (χ2n) is 7.77. The van der Waals surface area contributed by atoms with E-state index < -0.39 is 0 Å². The van der Waals surface area contributed by atoms with Gasteiger partial charge in [0.2, 0.25) is 0 Å². The Balaban J connectivity index is 1.22. The van der Waals surface area contributed by atoms with Gasteiger partial charge in [0.25, 0.3) is 0 Å². The average Bonchev–Trinajstić information content (AvgIpc) is 3.32. The third-order valence-corrected chi connectivity index (χ3v) is 7.12. The SMILES string of the molecule is Cc1c(CCNCc2cnc(N3CCOCC3)s2)c2cccc3c2n1CCC3. The fourth-order valence-electron chi connectivity index (χ4n) is 4.61. The highest BCUT2D eigenvalue weighted by Crippen LogP contribution is 2.32. The Morgan fingerprint density at radius 2 is 2.11 bits per heavy atom. The number of morpholine rings is 1. The van der Waals surface area contributed by atoms with Crippen LogP contribution in [0.25, 0.3) is 10.9 Å². The first-order chi connectivity index (χ1) is 13.8. The number of hydrogen-bond donors (Lipinski definition) is 1. The van der Waals surface area contributed by atoms with Gasteiger partial charge in [-0.3, -0.25) is 0 Å². The van der Waals surface area contributed by atoms with E-state index in [2.05, 4.69) is 44.9 Å². The van der Waals surface area contributed by atoms with Gasteiger partial charge in [-0.25, -0.2) is 4.98 Å². The smallest absolute Gasteiger partial charge is 0.185 e. The molecule has 0 atom stereocenters. The fraction of sp³-hybridized carbons (Fsp3) is 0.500. The maximum absolute atomic E-state index is 5.43. The van der Waals surface area contributed by atoms with Crippen LogP contribution in [0, 0.1) is 6.92 Å². The maximum Gasteiger partial charge on any atom is 0.185 e. The van der Waals surface area contributed by atoms with E-state index in [0.29, 0.717) is 0 Å². The molecule has 6 heteroatoms. The molecule has 0 saturated carbocycles. The van der Waals surface area contributed by atoms with Crippen molar-refractivity contribution in [3.8, 4) is 0 Å². The van der Waals surface area contributed by atoms with Crippen LogP contribution < -0.4 is 10.2 Å². The third-order valence-electron chi connectivity index (χ3n) is 6.06. The molecule has 3 aromatic rings. The highest BCUT2D eigenvalue weighted by atomic mass is 32.1. The van der Waals surface area contributed by atoms with E-state index in [0.717, 1.165) is 57.5 Å². The number of ether oxygens (including phenoxy) is 1. The number of thiazole rings is 1. The number of anilines is 1. The summed E-state index contributed by atoms with van der Waals surface area (Å²) in [6, 6.07) is 6.84. The maximum atomic E-state index is 5.43. The molecule has 0 aliphatic carbocycles. The van der Waals surface area contributed by atoms with Gasteiger partial charge in [0, 0.05) is 48.3 Å². The number of rotatable bonds is 6. The Labute approximate surface area is 170 Å². The van der Waals surface area contributed by atoms with E-state index in [1.807, 2.05) is 6.20 Å². The lowest BCUT2D eigenvalue weighted by molar-refractivity contribution is 0.122. The van der Waals surface area contributed by atoms with E-state index in [1.165, 1.54) is 45.4 Å². The summed E-state index contributed by atoms with van der Waals surface area (Å²) in [5, 5.41) is 6.23. The third kappa shape index (κ3) is 3.34. The van der Waals surface area contributed by atoms with Crippen molar-refractivity contribution < 1.29 is 4.74 Å². The van der Waals surface area contributed by atoms with Gasteiger partial charge in [-0.1, -0.05) is 18.2 Å². The van der Waals surface area contributed by atoms with E-state index in [4.69, 9.17) is 4.74 Å². The zero-order valence-corrected chi connectivity index (χ0v) is 17.4. The first-order valence-electron chi connectivity index (χ1n) is 10.4. The van der Waals surface area contributed by atoms with E-state index in [9.17, 15) is 0 Å². The quantitative estimate of drug-likeness (QED) is 0.648. The summed E-state index contributed by atoms with van der Waals surface area (Å²) in [4.78, 5) is 8.24. The molecule has 148 valence electrons. The van der Waals surface area contributed by atoms with Crippen LogP contribution in [0.1, 0.15) is 28.1 Å². The largest absolute Gasteiger partial charge is 0.378 e. The molecule has 0 spiro atoms. The number of nitrogens with one attached hydrogen (secondary N) is 1. The Kier molecular flexibility index (Phi) is 5.09. The van der Waals surface area contributed by atoms with Gasteiger partial charge in [-0.15, -0.1) is 11.3 Å². The molecule has 5 nitrogen and oxygen atoms in total. The van der Waals surface area contributed by atoms with Crippen molar-refractivity contribution in [1.82, 2.24) is 14.9 Å². The van der Waals surface area contributed by atoms with Crippen LogP contribution in [0.3, 0.4) is 0 Å². The molecule has 1 aromatic carbocycles. The van der Waals surface area contributed by atoms with Crippen molar-refractivity contribution in [3.63, 3.8) is 0 Å². The molecule has 5 rings (SSSR count). The van der Waals surface area contributed by atoms with Gasteiger partial charge in [-0.2, -0.15) is 0 Å². The fourth-order valence-corrected chi connectivity index (χ4v) is 5.54. The minimum Gasteiger partial charge on any atom is -0.378 e. The molecule has 0 bridgehead atoms. The number of hydrogen-bond acceptors (Lipinski definition) is 5. The Morgan fingerprint density at radius 1 is 1.21 bits per heavy atom. The molecule has 28 heavy (non-hydrogen) atoms. The average molecular weight is 397 g/mol. The Morgan fingerprint density at radius 3 is 3.00 bits per heavy atom. The topological polar surface area (TPSA) is 42.3 Å². The van der Waals surface area contributed by atoms with Gasteiger partial charge in [0.05, 0.1) is 18.7 Å². The standard InChI is InChI=1S/C22H28N4OS/c1-16-19(20-6-2-4-17-5-3-9-26(16)21(17)20)7-8-23-14-18-15-24-22(28-18)25-10-12-27-13-11-25/h2,4,6,15,23H,3,5,7-14H2,1H3. The summed E-state index contributed by atoms with van der Waals surface area (Å²) in [7, 11) is 0. The molecule has 1 fully saturated rings. The second-order valence-corrected chi connectivity index (χ2v) is 8.86. The van der Waals surface area contributed by atoms with Gasteiger partial charge >= 0.3 is 0 Å². The molecule has 0 radical (unpaired) electrons. The van der Waals surface area contributed by atoms with Crippen LogP contribution >= 0.6 is 11.3 Å². The zero-order valence-electron chi connectivity index (χ0n) is 16.5. The van der Waals surface area contributed by atoms with E-state index >= 15 is 0 Å². The number of para-hydroxylation sites is 1. The van der Waals surface area contributed by atoms with Crippen LogP contribution in [0.4, 0.5) is 5.13 Å². The molecular weight excluding hydrogens is 368 g/mol. The minimum atomic E-state index is 0.807. The van der Waals surface area contributed by atoms with Crippen LogP contribution in [-0.2, 0) is 30.7 Å². The molecule has 1 saturated heterocycles. The number of aryl methyl sites for hydroxylation is 2. The molecule has 2 aromatic heterocycles. The lowest BCUT2D eigenvalue weighted by atomic mass is 10.0. The van der Waals surface area contributed by atoms with Gasteiger partial charge in [0.1, 0.15) is 0 Å². The normalized spacial score (nSPS) is 16.8. The van der Waals surface area contributed by atoms with Crippen molar-refractivity contribution in [2.45, 2.75) is 39.3 Å². The summed E-state index contributed by atoms with van der Waals surface area (Å²) in [5.41, 5.74) is 5.98. The minimum absolute atomic E-state index is 0.807. The van der Waals surface area contributed by atoms with E-state index in [-0.39, 0.29) is 0 Å². The Bertz CT molecular complexity index is 970. The van der Waals surface area contributed by atoms with Crippen molar-refractivity contribution in [1.29, 1.82) is 0 Å².